The number of hydrogen-bond donors (Lipinski definition) is 2. The molecule has 1 amide bonds. The van der Waals surface area contributed by atoms with E-state index in [0.29, 0.717) is 16.3 Å². The second-order valence-electron chi connectivity index (χ2n) is 5.30. The summed E-state index contributed by atoms with van der Waals surface area (Å²) in [6, 6.07) is 15.6. The third-order valence-electron chi connectivity index (χ3n) is 3.53. The van der Waals surface area contributed by atoms with Crippen LogP contribution in [0, 0.1) is 0 Å². The summed E-state index contributed by atoms with van der Waals surface area (Å²) < 4.78 is 0. The third kappa shape index (κ3) is 4.33. The van der Waals surface area contributed by atoms with Gasteiger partial charge in [-0.15, -0.1) is 5.10 Å². The van der Waals surface area contributed by atoms with Gasteiger partial charge >= 0.3 is 0 Å². The summed E-state index contributed by atoms with van der Waals surface area (Å²) in [4.78, 5) is 24.2. The predicted octanol–water partition coefficient (Wildman–Crippen LogP) is 2.59. The molecular formula is C18H15N3O3S. The third-order valence-corrected chi connectivity index (χ3v) is 4.60. The van der Waals surface area contributed by atoms with Crippen LogP contribution in [-0.4, -0.2) is 33.4 Å². The molecule has 1 aliphatic rings. The Morgan fingerprint density at radius 2 is 1.88 bits per heavy atom. The fourth-order valence-electron chi connectivity index (χ4n) is 2.24. The maximum Gasteiger partial charge on any atom is 0.240 e. The topological polar surface area (TPSA) is 91.1 Å². The summed E-state index contributed by atoms with van der Waals surface area (Å²) in [5, 5.41) is 19.9. The second-order valence-corrected chi connectivity index (χ2v) is 6.49. The largest absolute Gasteiger partial charge is 0.507 e. The molecule has 7 heteroatoms. The van der Waals surface area contributed by atoms with E-state index in [2.05, 4.69) is 15.5 Å². The zero-order valence-corrected chi connectivity index (χ0v) is 13.9. The average Bonchev–Trinajstić information content (AvgIpc) is 2.97. The van der Waals surface area contributed by atoms with Crippen LogP contribution in [-0.2, 0) is 4.79 Å². The van der Waals surface area contributed by atoms with E-state index in [9.17, 15) is 14.7 Å². The second kappa shape index (κ2) is 7.76. The Morgan fingerprint density at radius 1 is 1.16 bits per heavy atom. The number of ketones is 1. The lowest BCUT2D eigenvalue weighted by Crippen LogP contribution is -2.26. The fraction of sp³-hybridized carbons (Fsp3) is 0.111. The minimum atomic E-state index is -0.521. The highest BCUT2D eigenvalue weighted by Gasteiger charge is 2.32. The van der Waals surface area contributed by atoms with Crippen molar-refractivity contribution in [2.24, 2.45) is 10.2 Å². The molecule has 0 radical (unpaired) electrons. The quantitative estimate of drug-likeness (QED) is 0.491. The summed E-state index contributed by atoms with van der Waals surface area (Å²) in [5.41, 5.74) is 1.11. The number of Topliss-reactive ketones (excluding diaryl/α,β-unsaturated/α-hetero) is 1. The Hall–Kier alpha value is -2.93. The molecule has 1 aliphatic heterocycles. The van der Waals surface area contributed by atoms with Crippen molar-refractivity contribution in [3.8, 4) is 5.75 Å². The first-order chi connectivity index (χ1) is 12.1. The van der Waals surface area contributed by atoms with Gasteiger partial charge in [0.2, 0.25) is 5.91 Å². The number of carbonyl (C=O) groups excluding carboxylic acids is 2. The number of rotatable bonds is 5. The lowest BCUT2D eigenvalue weighted by atomic mass is 10.1. The van der Waals surface area contributed by atoms with Crippen molar-refractivity contribution in [3.63, 3.8) is 0 Å². The number of benzene rings is 2. The number of aromatic hydroxyl groups is 1. The van der Waals surface area contributed by atoms with Gasteiger partial charge < -0.3 is 10.4 Å². The number of phenolic OH excluding ortho intramolecular Hbond substituents is 1. The molecule has 2 N–H and O–H groups in total. The summed E-state index contributed by atoms with van der Waals surface area (Å²) in [6.07, 6.45) is 1.50. The van der Waals surface area contributed by atoms with Crippen LogP contribution >= 0.6 is 11.8 Å². The summed E-state index contributed by atoms with van der Waals surface area (Å²) >= 11 is 1.17. The standard InChI is InChI=1S/C18H15N3O3S/c22-14-9-5-4-8-13(14)11-19-21-18-20-17(24)16(25-18)10-15(23)12-6-2-1-3-7-12/h1-9,11,16,22H,10H2,(H,20,21,24)/b19-11+/t16-/m0/s1. The number of thioether (sulfide) groups is 1. The minimum absolute atomic E-state index is 0.0905. The summed E-state index contributed by atoms with van der Waals surface area (Å²) in [5.74, 6) is -0.251. The smallest absolute Gasteiger partial charge is 0.240 e. The molecule has 1 fully saturated rings. The monoisotopic (exact) mass is 353 g/mol. The van der Waals surface area contributed by atoms with Crippen LogP contribution in [0.5, 0.6) is 5.75 Å². The van der Waals surface area contributed by atoms with E-state index in [1.807, 2.05) is 6.07 Å². The number of carbonyl (C=O) groups is 2. The minimum Gasteiger partial charge on any atom is -0.507 e. The van der Waals surface area contributed by atoms with Crippen LogP contribution in [0.2, 0.25) is 0 Å². The normalized spacial score (nSPS) is 18.6. The number of amides is 1. The van der Waals surface area contributed by atoms with Gasteiger partial charge in [-0.1, -0.05) is 54.2 Å². The number of nitrogens with one attached hydrogen (secondary N) is 1. The van der Waals surface area contributed by atoms with Crippen molar-refractivity contribution < 1.29 is 14.7 Å². The van der Waals surface area contributed by atoms with Gasteiger partial charge in [0.15, 0.2) is 11.0 Å². The van der Waals surface area contributed by atoms with Crippen LogP contribution < -0.4 is 5.32 Å². The van der Waals surface area contributed by atoms with Gasteiger partial charge in [0.1, 0.15) is 5.75 Å². The molecule has 1 heterocycles. The van der Waals surface area contributed by atoms with E-state index < -0.39 is 5.25 Å². The van der Waals surface area contributed by atoms with Gasteiger partial charge in [-0.25, -0.2) is 0 Å². The Labute approximate surface area is 148 Å². The van der Waals surface area contributed by atoms with E-state index in [1.54, 1.807) is 48.5 Å². The highest BCUT2D eigenvalue weighted by molar-refractivity contribution is 8.15. The van der Waals surface area contributed by atoms with Crippen LogP contribution in [0.3, 0.4) is 0 Å². The molecule has 126 valence electrons. The molecule has 0 aliphatic carbocycles. The number of amidine groups is 1. The van der Waals surface area contributed by atoms with Gasteiger partial charge in [-0.2, -0.15) is 5.10 Å². The molecule has 2 aromatic carbocycles. The molecule has 1 saturated heterocycles. The Bertz CT molecular complexity index is 850. The van der Waals surface area contributed by atoms with Crippen LogP contribution in [0.25, 0.3) is 0 Å². The Balaban J connectivity index is 1.62. The van der Waals surface area contributed by atoms with Crippen molar-refractivity contribution in [1.29, 1.82) is 0 Å². The molecule has 1 atom stereocenters. The van der Waals surface area contributed by atoms with Crippen LogP contribution in [0.1, 0.15) is 22.3 Å². The Kier molecular flexibility index (Phi) is 5.25. The van der Waals surface area contributed by atoms with Gasteiger partial charge in [-0.05, 0) is 12.1 Å². The fourth-order valence-corrected chi connectivity index (χ4v) is 3.16. The zero-order chi connectivity index (χ0) is 17.6. The number of para-hydroxylation sites is 1. The van der Waals surface area contributed by atoms with E-state index >= 15 is 0 Å². The molecule has 0 spiro atoms. The van der Waals surface area contributed by atoms with Crippen molar-refractivity contribution in [2.75, 3.05) is 0 Å². The van der Waals surface area contributed by atoms with Crippen molar-refractivity contribution >= 4 is 34.8 Å². The van der Waals surface area contributed by atoms with Gasteiger partial charge in [0.05, 0.1) is 11.5 Å². The van der Waals surface area contributed by atoms with E-state index in [1.165, 1.54) is 18.0 Å². The molecule has 3 rings (SSSR count). The highest BCUT2D eigenvalue weighted by Crippen LogP contribution is 2.24. The lowest BCUT2D eigenvalue weighted by Gasteiger charge is -2.04. The summed E-state index contributed by atoms with van der Waals surface area (Å²) in [7, 11) is 0. The van der Waals surface area contributed by atoms with Crippen LogP contribution in [0.4, 0.5) is 0 Å². The molecule has 2 aromatic rings. The average molecular weight is 353 g/mol. The first-order valence-electron chi connectivity index (χ1n) is 7.58. The van der Waals surface area contributed by atoms with E-state index in [-0.39, 0.29) is 23.9 Å². The molecular weight excluding hydrogens is 338 g/mol. The zero-order valence-electron chi connectivity index (χ0n) is 13.1. The van der Waals surface area contributed by atoms with Gasteiger partial charge in [0, 0.05) is 17.5 Å². The molecule has 0 aromatic heterocycles. The first-order valence-corrected chi connectivity index (χ1v) is 8.46. The predicted molar refractivity (Wildman–Crippen MR) is 98.0 cm³/mol. The van der Waals surface area contributed by atoms with Crippen LogP contribution in [0.15, 0.2) is 64.8 Å². The maximum absolute atomic E-state index is 12.2. The van der Waals surface area contributed by atoms with Crippen molar-refractivity contribution in [2.45, 2.75) is 11.7 Å². The van der Waals surface area contributed by atoms with Gasteiger partial charge in [0.25, 0.3) is 0 Å². The molecule has 25 heavy (non-hydrogen) atoms. The summed E-state index contributed by atoms with van der Waals surface area (Å²) in [6.45, 7) is 0. The van der Waals surface area contributed by atoms with E-state index in [4.69, 9.17) is 0 Å². The molecule has 0 saturated carbocycles. The SMILES string of the molecule is O=C(C[C@@H]1S/C(=N/N=C/c2ccccc2O)NC1=O)c1ccccc1. The number of nitrogens with zero attached hydrogens (tertiary/aromatic N) is 2. The van der Waals surface area contributed by atoms with Crippen molar-refractivity contribution in [1.82, 2.24) is 5.32 Å². The highest BCUT2D eigenvalue weighted by atomic mass is 32.2. The van der Waals surface area contributed by atoms with E-state index in [0.717, 1.165) is 0 Å². The Morgan fingerprint density at radius 3 is 2.64 bits per heavy atom. The van der Waals surface area contributed by atoms with Gasteiger partial charge in [-0.3, -0.25) is 9.59 Å². The molecule has 0 bridgehead atoms. The number of hydrogen-bond acceptors (Lipinski definition) is 6. The molecule has 0 unspecified atom stereocenters. The maximum atomic E-state index is 12.2. The number of phenols is 1. The van der Waals surface area contributed by atoms with Crippen molar-refractivity contribution in [3.05, 3.63) is 65.7 Å². The lowest BCUT2D eigenvalue weighted by molar-refractivity contribution is -0.118. The molecule has 6 nitrogen and oxygen atoms in total. The first kappa shape index (κ1) is 16.9.